The Morgan fingerprint density at radius 2 is 2.00 bits per heavy atom. The molecule has 8 heteroatoms. The van der Waals surface area contributed by atoms with E-state index in [1.54, 1.807) is 0 Å². The first-order chi connectivity index (χ1) is 9.74. The topological polar surface area (TPSA) is 49.4 Å². The third kappa shape index (κ3) is 1.97. The normalized spacial score (nSPS) is 24.7. The molecule has 1 unspecified atom stereocenters. The van der Waals surface area contributed by atoms with E-state index in [9.17, 15) is 27.2 Å². The molecule has 112 valence electrons. The standard InChI is InChI=1S/C13H10F4N2O2/c14-9-3-1-2-8-7(9)4-5-12(8)10(20)19(11(21)18-12)6-13(15,16)17/h1-3H,4-6H2,(H,18,21). The predicted molar refractivity (Wildman–Crippen MR) is 62.7 cm³/mol. The molecule has 1 spiro atoms. The number of hydrogen-bond donors (Lipinski definition) is 1. The number of alkyl halides is 3. The molecule has 1 aliphatic heterocycles. The quantitative estimate of drug-likeness (QED) is 0.638. The van der Waals surface area contributed by atoms with Gasteiger partial charge in [-0.05, 0) is 30.0 Å². The van der Waals surface area contributed by atoms with Gasteiger partial charge in [-0.2, -0.15) is 13.2 Å². The van der Waals surface area contributed by atoms with Crippen LogP contribution in [-0.2, 0) is 16.8 Å². The van der Waals surface area contributed by atoms with Crippen molar-refractivity contribution in [1.82, 2.24) is 10.2 Å². The van der Waals surface area contributed by atoms with Gasteiger partial charge in [-0.15, -0.1) is 0 Å². The fourth-order valence-electron chi connectivity index (χ4n) is 2.96. The highest BCUT2D eigenvalue weighted by Gasteiger charge is 2.57. The summed E-state index contributed by atoms with van der Waals surface area (Å²) < 4.78 is 51.1. The highest BCUT2D eigenvalue weighted by atomic mass is 19.4. The van der Waals surface area contributed by atoms with E-state index in [4.69, 9.17) is 0 Å². The summed E-state index contributed by atoms with van der Waals surface area (Å²) in [5, 5.41) is 2.31. The Labute approximate surface area is 116 Å². The second-order valence-corrected chi connectivity index (χ2v) is 5.11. The molecule has 1 aromatic carbocycles. The van der Waals surface area contributed by atoms with Gasteiger partial charge in [0.2, 0.25) is 0 Å². The highest BCUT2D eigenvalue weighted by Crippen LogP contribution is 2.42. The zero-order valence-corrected chi connectivity index (χ0v) is 10.6. The van der Waals surface area contributed by atoms with E-state index in [0.29, 0.717) is 0 Å². The zero-order chi connectivity index (χ0) is 15.4. The van der Waals surface area contributed by atoms with Gasteiger partial charge < -0.3 is 5.32 Å². The van der Waals surface area contributed by atoms with Crippen molar-refractivity contribution < 1.29 is 27.2 Å². The van der Waals surface area contributed by atoms with Gasteiger partial charge in [0.1, 0.15) is 17.9 Å². The first-order valence-corrected chi connectivity index (χ1v) is 6.23. The molecule has 1 heterocycles. The Morgan fingerprint density at radius 3 is 2.67 bits per heavy atom. The van der Waals surface area contributed by atoms with E-state index in [-0.39, 0.29) is 28.9 Å². The molecule has 1 fully saturated rings. The van der Waals surface area contributed by atoms with Gasteiger partial charge in [0.25, 0.3) is 5.91 Å². The fraction of sp³-hybridized carbons (Fsp3) is 0.385. The van der Waals surface area contributed by atoms with Crippen LogP contribution in [0.3, 0.4) is 0 Å². The summed E-state index contributed by atoms with van der Waals surface area (Å²) in [5.41, 5.74) is -1.06. The van der Waals surface area contributed by atoms with Gasteiger partial charge >= 0.3 is 12.2 Å². The summed E-state index contributed by atoms with van der Waals surface area (Å²) in [6.07, 6.45) is -4.43. The maximum Gasteiger partial charge on any atom is 0.406 e. The van der Waals surface area contributed by atoms with Crippen LogP contribution in [0.2, 0.25) is 0 Å². The molecule has 3 rings (SSSR count). The van der Waals surface area contributed by atoms with E-state index < -0.39 is 36.0 Å². The molecular formula is C13H10F4N2O2. The number of hydrogen-bond acceptors (Lipinski definition) is 2. The number of benzene rings is 1. The average Bonchev–Trinajstić information content (AvgIpc) is 2.85. The van der Waals surface area contributed by atoms with Crippen molar-refractivity contribution in [1.29, 1.82) is 0 Å². The minimum absolute atomic E-state index is 0.0577. The predicted octanol–water partition coefficient (Wildman–Crippen LogP) is 2.08. The fourth-order valence-corrected chi connectivity index (χ4v) is 2.96. The summed E-state index contributed by atoms with van der Waals surface area (Å²) in [5.74, 6) is -1.50. The number of amides is 3. The number of fused-ring (bicyclic) bond motifs is 2. The van der Waals surface area contributed by atoms with Crippen molar-refractivity contribution in [3.8, 4) is 0 Å². The summed E-state index contributed by atoms with van der Waals surface area (Å²) in [6.45, 7) is -1.65. The molecule has 1 aromatic rings. The van der Waals surface area contributed by atoms with Crippen LogP contribution in [0.1, 0.15) is 17.5 Å². The Kier molecular flexibility index (Phi) is 2.76. The minimum atomic E-state index is -4.68. The number of nitrogens with zero attached hydrogens (tertiary/aromatic N) is 1. The lowest BCUT2D eigenvalue weighted by Crippen LogP contribution is -2.43. The average molecular weight is 302 g/mol. The lowest BCUT2D eigenvalue weighted by atomic mass is 9.92. The van der Waals surface area contributed by atoms with Crippen molar-refractivity contribution in [2.45, 2.75) is 24.6 Å². The van der Waals surface area contributed by atoms with E-state index in [2.05, 4.69) is 5.32 Å². The smallest absolute Gasteiger partial charge is 0.319 e. The van der Waals surface area contributed by atoms with Crippen molar-refractivity contribution in [2.24, 2.45) is 0 Å². The molecule has 1 N–H and O–H groups in total. The largest absolute Gasteiger partial charge is 0.406 e. The molecule has 0 radical (unpaired) electrons. The molecule has 21 heavy (non-hydrogen) atoms. The molecule has 0 bridgehead atoms. The molecule has 0 saturated carbocycles. The zero-order valence-electron chi connectivity index (χ0n) is 10.6. The van der Waals surface area contributed by atoms with Gasteiger partial charge in [-0.25, -0.2) is 9.18 Å². The molecule has 3 amide bonds. The number of halogens is 4. The highest BCUT2D eigenvalue weighted by molar-refractivity contribution is 6.08. The van der Waals surface area contributed by atoms with Crippen LogP contribution >= 0.6 is 0 Å². The Bertz CT molecular complexity index is 644. The molecule has 1 aliphatic carbocycles. The van der Waals surface area contributed by atoms with E-state index in [1.807, 2.05) is 0 Å². The van der Waals surface area contributed by atoms with Crippen molar-refractivity contribution >= 4 is 11.9 Å². The summed E-state index contributed by atoms with van der Waals surface area (Å²) >= 11 is 0. The molecule has 1 saturated heterocycles. The number of urea groups is 1. The van der Waals surface area contributed by atoms with Crippen molar-refractivity contribution in [2.75, 3.05) is 6.54 Å². The van der Waals surface area contributed by atoms with Crippen LogP contribution in [0.4, 0.5) is 22.4 Å². The summed E-state index contributed by atoms with van der Waals surface area (Å²) in [4.78, 5) is 24.2. The lowest BCUT2D eigenvalue weighted by molar-refractivity contribution is -0.155. The SMILES string of the molecule is O=C1NC2(CCc3c(F)cccc32)C(=O)N1CC(F)(F)F. The van der Waals surface area contributed by atoms with Crippen LogP contribution < -0.4 is 5.32 Å². The van der Waals surface area contributed by atoms with Crippen LogP contribution in [0, 0.1) is 5.82 Å². The number of nitrogens with one attached hydrogen (secondary N) is 1. The Hall–Kier alpha value is -2.12. The third-order valence-electron chi connectivity index (χ3n) is 3.84. The molecule has 1 atom stereocenters. The Morgan fingerprint density at radius 1 is 1.29 bits per heavy atom. The third-order valence-corrected chi connectivity index (χ3v) is 3.84. The van der Waals surface area contributed by atoms with Gasteiger partial charge in [0.15, 0.2) is 0 Å². The van der Waals surface area contributed by atoms with Crippen LogP contribution in [0.25, 0.3) is 0 Å². The van der Waals surface area contributed by atoms with Crippen LogP contribution in [0.15, 0.2) is 18.2 Å². The molecule has 2 aliphatic rings. The van der Waals surface area contributed by atoms with Crippen molar-refractivity contribution in [3.05, 3.63) is 35.1 Å². The van der Waals surface area contributed by atoms with Gasteiger partial charge in [0.05, 0.1) is 0 Å². The second-order valence-electron chi connectivity index (χ2n) is 5.11. The van der Waals surface area contributed by atoms with Gasteiger partial charge in [-0.1, -0.05) is 12.1 Å². The number of carbonyl (C=O) groups excluding carboxylic acids is 2. The maximum absolute atomic E-state index is 13.7. The monoisotopic (exact) mass is 302 g/mol. The van der Waals surface area contributed by atoms with E-state index >= 15 is 0 Å². The lowest BCUT2D eigenvalue weighted by Gasteiger charge is -2.22. The summed E-state index contributed by atoms with van der Waals surface area (Å²) in [6, 6.07) is 2.94. The maximum atomic E-state index is 13.7. The molecule has 4 nitrogen and oxygen atoms in total. The van der Waals surface area contributed by atoms with Crippen molar-refractivity contribution in [3.63, 3.8) is 0 Å². The number of imide groups is 1. The van der Waals surface area contributed by atoms with Gasteiger partial charge in [0, 0.05) is 0 Å². The Balaban J connectivity index is 2.02. The minimum Gasteiger partial charge on any atom is -0.319 e. The van der Waals surface area contributed by atoms with Crippen LogP contribution in [-0.4, -0.2) is 29.6 Å². The first-order valence-electron chi connectivity index (χ1n) is 6.23. The number of rotatable bonds is 1. The first kappa shape index (κ1) is 13.8. The van der Waals surface area contributed by atoms with Crippen LogP contribution in [0.5, 0.6) is 0 Å². The molecule has 0 aromatic heterocycles. The second kappa shape index (κ2) is 4.19. The number of carbonyl (C=O) groups is 2. The molecular weight excluding hydrogens is 292 g/mol. The van der Waals surface area contributed by atoms with Gasteiger partial charge in [-0.3, -0.25) is 9.69 Å². The van der Waals surface area contributed by atoms with E-state index in [0.717, 1.165) is 0 Å². The summed E-state index contributed by atoms with van der Waals surface area (Å²) in [7, 11) is 0. The van der Waals surface area contributed by atoms with E-state index in [1.165, 1.54) is 18.2 Å².